The molecule has 2 rings (SSSR count). The summed E-state index contributed by atoms with van der Waals surface area (Å²) in [4.78, 5) is 12.3. The Balaban J connectivity index is 2.25. The van der Waals surface area contributed by atoms with E-state index in [0.29, 0.717) is 48.7 Å². The van der Waals surface area contributed by atoms with Crippen molar-refractivity contribution in [3.63, 3.8) is 0 Å². The smallest absolute Gasteiger partial charge is 0.309 e. The van der Waals surface area contributed by atoms with Crippen molar-refractivity contribution in [3.8, 4) is 23.0 Å². The molecule has 158 valence electrons. The first-order valence-corrected chi connectivity index (χ1v) is 9.58. The molecule has 0 bridgehead atoms. The van der Waals surface area contributed by atoms with Crippen LogP contribution < -0.4 is 18.9 Å². The lowest BCUT2D eigenvalue weighted by atomic mass is 9.75. The molecule has 1 unspecified atom stereocenters. The lowest BCUT2D eigenvalue weighted by molar-refractivity contribution is -0.149. The molecule has 1 atom stereocenters. The van der Waals surface area contributed by atoms with Crippen LogP contribution in [0.3, 0.4) is 0 Å². The lowest BCUT2D eigenvalue weighted by Gasteiger charge is -2.29. The van der Waals surface area contributed by atoms with E-state index >= 15 is 0 Å². The van der Waals surface area contributed by atoms with Gasteiger partial charge >= 0.3 is 5.97 Å². The maximum Gasteiger partial charge on any atom is 0.309 e. The third kappa shape index (κ3) is 5.13. The molecule has 0 saturated heterocycles. The molecule has 0 amide bonds. The second-order valence-corrected chi connectivity index (χ2v) is 6.99. The third-order valence-electron chi connectivity index (χ3n) is 5.46. The standard InChI is InChI=1S/C23H30O6/c1-6-23(22(24)25,15-17-8-10-19(27-3)21(14-17)29-5)12-11-16-7-9-18(26-2)20(13-16)28-4/h7-10,13-14H,6,11-12,15H2,1-5H3,(H,24,25). The van der Waals surface area contributed by atoms with Crippen LogP contribution in [-0.2, 0) is 17.6 Å². The van der Waals surface area contributed by atoms with Gasteiger partial charge in [-0.25, -0.2) is 0 Å². The van der Waals surface area contributed by atoms with E-state index in [1.165, 1.54) is 0 Å². The van der Waals surface area contributed by atoms with E-state index < -0.39 is 11.4 Å². The van der Waals surface area contributed by atoms with E-state index in [1.54, 1.807) is 28.4 Å². The Kier molecular flexibility index (Phi) is 7.76. The van der Waals surface area contributed by atoms with Crippen molar-refractivity contribution < 1.29 is 28.8 Å². The average Bonchev–Trinajstić information content (AvgIpc) is 2.75. The Bertz CT molecular complexity index is 832. The van der Waals surface area contributed by atoms with Gasteiger partial charge in [0.25, 0.3) is 0 Å². The number of rotatable bonds is 11. The van der Waals surface area contributed by atoms with Crippen LogP contribution in [0, 0.1) is 5.41 Å². The number of carboxylic acid groups (broad SMARTS) is 1. The van der Waals surface area contributed by atoms with Gasteiger partial charge in [-0.2, -0.15) is 0 Å². The Hall–Kier alpha value is -2.89. The van der Waals surface area contributed by atoms with Crippen LogP contribution in [0.4, 0.5) is 0 Å². The van der Waals surface area contributed by atoms with Crippen molar-refractivity contribution >= 4 is 5.97 Å². The molecular formula is C23H30O6. The first-order chi connectivity index (χ1) is 13.9. The molecule has 0 radical (unpaired) electrons. The normalized spacial score (nSPS) is 12.7. The number of benzene rings is 2. The molecule has 0 aliphatic rings. The highest BCUT2D eigenvalue weighted by Gasteiger charge is 2.36. The van der Waals surface area contributed by atoms with Crippen molar-refractivity contribution in [1.82, 2.24) is 0 Å². The van der Waals surface area contributed by atoms with Gasteiger partial charge in [-0.05, 0) is 61.1 Å². The SMILES string of the molecule is CCC(CCc1ccc(OC)c(OC)c1)(Cc1ccc(OC)c(OC)c1)C(=O)O. The summed E-state index contributed by atoms with van der Waals surface area (Å²) < 4.78 is 21.3. The van der Waals surface area contributed by atoms with Crippen molar-refractivity contribution in [3.05, 3.63) is 47.5 Å². The van der Waals surface area contributed by atoms with E-state index in [-0.39, 0.29) is 0 Å². The Morgan fingerprint density at radius 2 is 1.31 bits per heavy atom. The van der Waals surface area contributed by atoms with Crippen molar-refractivity contribution in [2.75, 3.05) is 28.4 Å². The van der Waals surface area contributed by atoms with Crippen molar-refractivity contribution in [1.29, 1.82) is 0 Å². The van der Waals surface area contributed by atoms with E-state index in [9.17, 15) is 9.90 Å². The van der Waals surface area contributed by atoms with Gasteiger partial charge in [-0.15, -0.1) is 0 Å². The van der Waals surface area contributed by atoms with E-state index in [4.69, 9.17) is 18.9 Å². The zero-order chi connectivity index (χ0) is 21.4. The summed E-state index contributed by atoms with van der Waals surface area (Å²) in [7, 11) is 6.33. The molecule has 0 aromatic heterocycles. The summed E-state index contributed by atoms with van der Waals surface area (Å²) in [5.74, 6) is 1.72. The number of aryl methyl sites for hydroxylation is 1. The number of hydrogen-bond donors (Lipinski definition) is 1. The number of aliphatic carboxylic acids is 1. The van der Waals surface area contributed by atoms with Gasteiger partial charge < -0.3 is 24.1 Å². The van der Waals surface area contributed by atoms with Crippen molar-refractivity contribution in [2.24, 2.45) is 5.41 Å². The monoisotopic (exact) mass is 402 g/mol. The summed E-state index contributed by atoms with van der Waals surface area (Å²) in [5, 5.41) is 10.1. The van der Waals surface area contributed by atoms with Gasteiger partial charge in [0, 0.05) is 0 Å². The summed E-state index contributed by atoms with van der Waals surface area (Å²) in [6.45, 7) is 1.92. The van der Waals surface area contributed by atoms with Crippen LogP contribution in [0.2, 0.25) is 0 Å². The molecule has 0 heterocycles. The fourth-order valence-electron chi connectivity index (χ4n) is 3.53. The largest absolute Gasteiger partial charge is 0.493 e. The van der Waals surface area contributed by atoms with E-state index in [1.807, 2.05) is 43.3 Å². The quantitative estimate of drug-likeness (QED) is 0.601. The predicted octanol–water partition coefficient (Wildman–Crippen LogP) is 4.38. The fraction of sp³-hybridized carbons (Fsp3) is 0.435. The van der Waals surface area contributed by atoms with Crippen LogP contribution in [0.1, 0.15) is 30.9 Å². The molecule has 1 N–H and O–H groups in total. The van der Waals surface area contributed by atoms with Crippen LogP contribution >= 0.6 is 0 Å². The van der Waals surface area contributed by atoms with Gasteiger partial charge in [-0.3, -0.25) is 4.79 Å². The minimum absolute atomic E-state index is 0.409. The second kappa shape index (κ2) is 10.0. The van der Waals surface area contributed by atoms with Crippen LogP contribution in [0.15, 0.2) is 36.4 Å². The van der Waals surface area contributed by atoms with Gasteiger partial charge in [0.1, 0.15) is 0 Å². The summed E-state index contributed by atoms with van der Waals surface area (Å²) in [6.07, 6.45) is 2.05. The van der Waals surface area contributed by atoms with Gasteiger partial charge in [0.15, 0.2) is 23.0 Å². The Morgan fingerprint density at radius 1 is 0.828 bits per heavy atom. The minimum Gasteiger partial charge on any atom is -0.493 e. The minimum atomic E-state index is -0.882. The topological polar surface area (TPSA) is 74.2 Å². The highest BCUT2D eigenvalue weighted by molar-refractivity contribution is 5.75. The number of carboxylic acids is 1. The van der Waals surface area contributed by atoms with E-state index in [0.717, 1.165) is 11.1 Å². The molecule has 29 heavy (non-hydrogen) atoms. The number of carbonyl (C=O) groups is 1. The fourth-order valence-corrected chi connectivity index (χ4v) is 3.53. The molecule has 0 aliphatic heterocycles. The van der Waals surface area contributed by atoms with Crippen LogP contribution in [-0.4, -0.2) is 39.5 Å². The summed E-state index contributed by atoms with van der Waals surface area (Å²) in [6, 6.07) is 11.2. The molecule has 0 aliphatic carbocycles. The highest BCUT2D eigenvalue weighted by atomic mass is 16.5. The first-order valence-electron chi connectivity index (χ1n) is 9.58. The summed E-state index contributed by atoms with van der Waals surface area (Å²) in [5.41, 5.74) is 1.03. The van der Waals surface area contributed by atoms with Crippen LogP contribution in [0.5, 0.6) is 23.0 Å². The molecule has 2 aromatic rings. The maximum absolute atomic E-state index is 12.3. The average molecular weight is 402 g/mol. The van der Waals surface area contributed by atoms with Gasteiger partial charge in [0.2, 0.25) is 0 Å². The van der Waals surface area contributed by atoms with Crippen molar-refractivity contribution in [2.45, 2.75) is 32.6 Å². The van der Waals surface area contributed by atoms with Gasteiger partial charge in [-0.1, -0.05) is 19.1 Å². The Morgan fingerprint density at radius 3 is 1.76 bits per heavy atom. The van der Waals surface area contributed by atoms with E-state index in [2.05, 4.69) is 0 Å². The molecule has 6 heteroatoms. The third-order valence-corrected chi connectivity index (χ3v) is 5.46. The Labute approximate surface area is 172 Å². The molecule has 0 spiro atoms. The molecule has 2 aromatic carbocycles. The molecule has 6 nitrogen and oxygen atoms in total. The number of ether oxygens (including phenoxy) is 4. The molecule has 0 fully saturated rings. The summed E-state index contributed by atoms with van der Waals surface area (Å²) >= 11 is 0. The molecule has 0 saturated carbocycles. The van der Waals surface area contributed by atoms with Crippen LogP contribution in [0.25, 0.3) is 0 Å². The predicted molar refractivity (Wildman–Crippen MR) is 111 cm³/mol. The zero-order valence-corrected chi connectivity index (χ0v) is 17.8. The number of methoxy groups -OCH3 is 4. The lowest BCUT2D eigenvalue weighted by Crippen LogP contribution is -2.33. The highest BCUT2D eigenvalue weighted by Crippen LogP contribution is 2.37. The van der Waals surface area contributed by atoms with Gasteiger partial charge in [0.05, 0.1) is 33.9 Å². The maximum atomic E-state index is 12.3. The molecular weight excluding hydrogens is 372 g/mol. The zero-order valence-electron chi connectivity index (χ0n) is 17.8. The number of hydrogen-bond acceptors (Lipinski definition) is 5. The first kappa shape index (κ1) is 22.4. The second-order valence-electron chi connectivity index (χ2n) is 6.99.